The number of ether oxygens (including phenoxy) is 2. The first-order valence-corrected chi connectivity index (χ1v) is 10.9. The van der Waals surface area contributed by atoms with Crippen molar-refractivity contribution in [3.63, 3.8) is 0 Å². The summed E-state index contributed by atoms with van der Waals surface area (Å²) < 4.78 is 14.0. The van der Waals surface area contributed by atoms with Gasteiger partial charge in [0.2, 0.25) is 5.91 Å². The van der Waals surface area contributed by atoms with Gasteiger partial charge < -0.3 is 19.4 Å². The van der Waals surface area contributed by atoms with Crippen molar-refractivity contribution < 1.29 is 19.1 Å². The molecule has 3 rings (SSSR count). The predicted molar refractivity (Wildman–Crippen MR) is 120 cm³/mol. The number of carbonyl (C=O) groups is 2. The maximum Gasteiger partial charge on any atom is 0.234 e. The van der Waals surface area contributed by atoms with E-state index in [0.29, 0.717) is 25.3 Å². The number of Topliss-reactive ketones (excluding diaryl/α,β-unsaturated/α-hetero) is 1. The molecular formula is C24H33N3O4. The van der Waals surface area contributed by atoms with E-state index in [2.05, 4.69) is 9.88 Å². The Morgan fingerprint density at radius 3 is 2.58 bits per heavy atom. The molecule has 1 aliphatic rings. The van der Waals surface area contributed by atoms with Crippen LogP contribution in [0, 0.1) is 13.8 Å². The number of fused-ring (bicyclic) bond motifs is 1. The van der Waals surface area contributed by atoms with Crippen LogP contribution in [0.3, 0.4) is 0 Å². The molecule has 1 atom stereocenters. The van der Waals surface area contributed by atoms with Crippen LogP contribution in [-0.2, 0) is 11.3 Å². The minimum atomic E-state index is -0.130. The first-order valence-electron chi connectivity index (χ1n) is 10.9. The van der Waals surface area contributed by atoms with E-state index in [9.17, 15) is 9.59 Å². The van der Waals surface area contributed by atoms with E-state index in [1.165, 1.54) is 0 Å². The molecule has 0 bridgehead atoms. The van der Waals surface area contributed by atoms with Crippen LogP contribution in [0.2, 0.25) is 0 Å². The van der Waals surface area contributed by atoms with E-state index in [-0.39, 0.29) is 36.9 Å². The smallest absolute Gasteiger partial charge is 0.234 e. The molecule has 0 radical (unpaired) electrons. The van der Waals surface area contributed by atoms with Crippen LogP contribution in [0.15, 0.2) is 30.3 Å². The van der Waals surface area contributed by atoms with Crippen molar-refractivity contribution in [3.8, 4) is 11.5 Å². The molecule has 31 heavy (non-hydrogen) atoms. The van der Waals surface area contributed by atoms with Gasteiger partial charge in [-0.25, -0.2) is 0 Å². The molecule has 1 N–H and O–H groups in total. The summed E-state index contributed by atoms with van der Waals surface area (Å²) in [7, 11) is 0. The predicted octanol–water partition coefficient (Wildman–Crippen LogP) is 2.97. The fraction of sp³-hybridized carbons (Fsp3) is 0.500. The highest BCUT2D eigenvalue weighted by molar-refractivity contribution is 5.99. The zero-order valence-corrected chi connectivity index (χ0v) is 19.1. The Balaban J connectivity index is 1.66. The highest BCUT2D eigenvalue weighted by Gasteiger charge is 2.24. The number of hydrogen-bond donors (Lipinski definition) is 1. The highest BCUT2D eigenvalue weighted by Crippen LogP contribution is 2.31. The Kier molecular flexibility index (Phi) is 7.38. The summed E-state index contributed by atoms with van der Waals surface area (Å²) in [5.41, 5.74) is 2.61. The van der Waals surface area contributed by atoms with E-state index in [1.807, 2.05) is 69.9 Å². The zero-order chi connectivity index (χ0) is 22.5. The molecule has 7 heteroatoms. The molecule has 0 saturated heterocycles. The van der Waals surface area contributed by atoms with Crippen molar-refractivity contribution in [1.82, 2.24) is 14.8 Å². The Hall–Kier alpha value is -2.80. The van der Waals surface area contributed by atoms with Crippen LogP contribution in [0.1, 0.15) is 42.5 Å². The van der Waals surface area contributed by atoms with Crippen molar-refractivity contribution in [3.05, 3.63) is 47.3 Å². The first kappa shape index (κ1) is 22.9. The van der Waals surface area contributed by atoms with E-state index in [1.54, 1.807) is 0 Å². The lowest BCUT2D eigenvalue weighted by molar-refractivity contribution is -0.122. The van der Waals surface area contributed by atoms with Crippen molar-refractivity contribution in [2.45, 2.75) is 53.3 Å². The third-order valence-corrected chi connectivity index (χ3v) is 5.46. The van der Waals surface area contributed by atoms with Crippen molar-refractivity contribution >= 4 is 11.7 Å². The van der Waals surface area contributed by atoms with Crippen LogP contribution in [0.5, 0.6) is 11.5 Å². The standard InChI is InChI=1S/C24H33N3O4/c1-6-26(14-24(29)25-16(2)3)13-21(28)20-11-17(4)27(18(20)5)12-19-15-30-22-9-7-8-10-23(22)31-19/h7-11,16,19H,6,12-15H2,1-5H3,(H,25,29). The molecule has 0 fully saturated rings. The van der Waals surface area contributed by atoms with Crippen molar-refractivity contribution in [2.24, 2.45) is 0 Å². The minimum Gasteiger partial charge on any atom is -0.486 e. The van der Waals surface area contributed by atoms with Crippen LogP contribution in [0.4, 0.5) is 0 Å². The lowest BCUT2D eigenvalue weighted by atomic mass is 10.1. The number of nitrogens with one attached hydrogen (secondary N) is 1. The number of aryl methyl sites for hydroxylation is 1. The third kappa shape index (κ3) is 5.67. The first-order chi connectivity index (χ1) is 14.8. The molecule has 0 aliphatic carbocycles. The summed E-state index contributed by atoms with van der Waals surface area (Å²) in [6.45, 7) is 11.9. The van der Waals surface area contributed by atoms with Gasteiger partial charge in [0.05, 0.1) is 19.6 Å². The number of aromatic nitrogens is 1. The second-order valence-electron chi connectivity index (χ2n) is 8.34. The number of ketones is 1. The number of hydrogen-bond acceptors (Lipinski definition) is 5. The molecular weight excluding hydrogens is 394 g/mol. The second-order valence-corrected chi connectivity index (χ2v) is 8.34. The maximum atomic E-state index is 13.0. The fourth-order valence-corrected chi connectivity index (χ4v) is 3.86. The van der Waals surface area contributed by atoms with Gasteiger partial charge in [-0.2, -0.15) is 0 Å². The lowest BCUT2D eigenvalue weighted by Gasteiger charge is -2.27. The number of likely N-dealkylation sites (N-methyl/N-ethyl adjacent to an activating group) is 1. The number of carbonyl (C=O) groups excluding carboxylic acids is 2. The van der Waals surface area contributed by atoms with Crippen LogP contribution < -0.4 is 14.8 Å². The summed E-state index contributed by atoms with van der Waals surface area (Å²) in [4.78, 5) is 27.0. The largest absolute Gasteiger partial charge is 0.486 e. The number of para-hydroxylation sites is 2. The zero-order valence-electron chi connectivity index (χ0n) is 19.1. The monoisotopic (exact) mass is 427 g/mol. The molecule has 2 aromatic rings. The molecule has 0 spiro atoms. The summed E-state index contributed by atoms with van der Waals surface area (Å²) in [5.74, 6) is 1.46. The topological polar surface area (TPSA) is 72.8 Å². The van der Waals surface area contributed by atoms with Crippen molar-refractivity contribution in [2.75, 3.05) is 26.2 Å². The van der Waals surface area contributed by atoms with Gasteiger partial charge >= 0.3 is 0 Å². The number of nitrogens with zero attached hydrogens (tertiary/aromatic N) is 2. The number of rotatable bonds is 9. The summed E-state index contributed by atoms with van der Waals surface area (Å²) >= 11 is 0. The molecule has 1 aromatic carbocycles. The maximum absolute atomic E-state index is 13.0. The van der Waals surface area contributed by atoms with Gasteiger partial charge in [0, 0.05) is 23.0 Å². The third-order valence-electron chi connectivity index (χ3n) is 5.46. The molecule has 168 valence electrons. The molecule has 1 aliphatic heterocycles. The van der Waals surface area contributed by atoms with Crippen LogP contribution >= 0.6 is 0 Å². The number of benzene rings is 1. The Morgan fingerprint density at radius 2 is 1.90 bits per heavy atom. The van der Waals surface area contributed by atoms with Gasteiger partial charge in [0.25, 0.3) is 0 Å². The Bertz CT molecular complexity index is 935. The highest BCUT2D eigenvalue weighted by atomic mass is 16.6. The molecule has 1 unspecified atom stereocenters. The molecule has 2 heterocycles. The van der Waals surface area contributed by atoms with Crippen LogP contribution in [-0.4, -0.2) is 59.5 Å². The van der Waals surface area contributed by atoms with Gasteiger partial charge in [0.1, 0.15) is 6.61 Å². The van der Waals surface area contributed by atoms with Gasteiger partial charge in [-0.1, -0.05) is 19.1 Å². The molecule has 1 amide bonds. The average Bonchev–Trinajstić information content (AvgIpc) is 3.01. The van der Waals surface area contributed by atoms with Crippen LogP contribution in [0.25, 0.3) is 0 Å². The number of amides is 1. The fourth-order valence-electron chi connectivity index (χ4n) is 3.86. The van der Waals surface area contributed by atoms with E-state index in [4.69, 9.17) is 9.47 Å². The lowest BCUT2D eigenvalue weighted by Crippen LogP contribution is -2.42. The van der Waals surface area contributed by atoms with E-state index in [0.717, 1.165) is 22.9 Å². The second kappa shape index (κ2) is 10.0. The molecule has 0 saturated carbocycles. The van der Waals surface area contributed by atoms with E-state index < -0.39 is 0 Å². The van der Waals surface area contributed by atoms with Gasteiger partial charge in [-0.3, -0.25) is 14.5 Å². The molecule has 1 aromatic heterocycles. The van der Waals surface area contributed by atoms with Gasteiger partial charge in [0.15, 0.2) is 23.4 Å². The minimum absolute atomic E-state index is 0.0182. The summed E-state index contributed by atoms with van der Waals surface area (Å²) in [6.07, 6.45) is -0.130. The van der Waals surface area contributed by atoms with Crippen molar-refractivity contribution in [1.29, 1.82) is 0 Å². The Labute approximate surface area is 184 Å². The average molecular weight is 428 g/mol. The normalized spacial score (nSPS) is 15.4. The quantitative estimate of drug-likeness (QED) is 0.623. The summed E-state index contributed by atoms with van der Waals surface area (Å²) in [5, 5.41) is 2.88. The SMILES string of the molecule is CCN(CC(=O)NC(C)C)CC(=O)c1cc(C)n(CC2COc3ccccc3O2)c1C. The van der Waals surface area contributed by atoms with Gasteiger partial charge in [-0.05, 0) is 52.4 Å². The van der Waals surface area contributed by atoms with E-state index >= 15 is 0 Å². The summed E-state index contributed by atoms with van der Waals surface area (Å²) in [6, 6.07) is 9.66. The Morgan fingerprint density at radius 1 is 1.19 bits per heavy atom. The molecule has 7 nitrogen and oxygen atoms in total. The van der Waals surface area contributed by atoms with Gasteiger partial charge in [-0.15, -0.1) is 0 Å².